The zero-order chi connectivity index (χ0) is 56.7. The third-order valence-electron chi connectivity index (χ3n) is 14.2. The zero-order valence-electron chi connectivity index (χ0n) is 49.3. The summed E-state index contributed by atoms with van der Waals surface area (Å²) in [6, 6.07) is 16.0. The predicted octanol–water partition coefficient (Wildman–Crippen LogP) is 15.1. The molecule has 0 unspecified atom stereocenters. The van der Waals surface area contributed by atoms with Gasteiger partial charge in [0.1, 0.15) is 29.2 Å². The quantitative estimate of drug-likeness (QED) is 0.0379. The third-order valence-corrected chi connectivity index (χ3v) is 14.2. The summed E-state index contributed by atoms with van der Waals surface area (Å²) in [4.78, 5) is 41.8. The van der Waals surface area contributed by atoms with Crippen LogP contribution in [0, 0.1) is 0 Å². The van der Waals surface area contributed by atoms with E-state index in [0.717, 1.165) is 134 Å². The van der Waals surface area contributed by atoms with Crippen LogP contribution in [0.1, 0.15) is 138 Å². The maximum atomic E-state index is 6.55. The first kappa shape index (κ1) is 58.3. The lowest BCUT2D eigenvalue weighted by Crippen LogP contribution is -2.19. The van der Waals surface area contributed by atoms with Crippen LogP contribution < -0.4 is 37.9 Å². The van der Waals surface area contributed by atoms with Crippen LogP contribution in [0.5, 0.6) is 46.0 Å². The van der Waals surface area contributed by atoms with Gasteiger partial charge < -0.3 is 52.8 Å². The Labute approximate surface area is 476 Å². The molecule has 17 heteroatoms. The van der Waals surface area contributed by atoms with Gasteiger partial charge in [0.05, 0.1) is 46.2 Å². The molecule has 432 valence electrons. The van der Waals surface area contributed by atoms with Gasteiger partial charge >= 0.3 is 0 Å². The van der Waals surface area contributed by atoms with E-state index < -0.39 is 0 Å². The Hall–Kier alpha value is -7.40. The number of nitrogens with one attached hydrogen (secondary N) is 2. The summed E-state index contributed by atoms with van der Waals surface area (Å²) in [6.45, 7) is 19.9. The normalized spacial score (nSPS) is 11.8. The van der Waals surface area contributed by atoms with Gasteiger partial charge in [-0.2, -0.15) is 0 Å². The summed E-state index contributed by atoms with van der Waals surface area (Å²) in [5.74, 6) is 6.59. The fourth-order valence-electron chi connectivity index (χ4n) is 9.34. The maximum Gasteiger partial charge on any atom is 0.164 e. The van der Waals surface area contributed by atoms with E-state index in [4.69, 9.17) is 67.8 Å². The molecule has 2 aliphatic rings. The van der Waals surface area contributed by atoms with Crippen molar-refractivity contribution in [1.29, 1.82) is 0 Å². The standard InChI is InChI=1S/C64H83N9O8/c1-10-17-25-74-49-33-41-42(34-50(49)75-26-18-11-2)58-65-57(41)66-59-43-35-51(76-27-19-12-3)52(77-28-20-13-4)36-44(43)61(68-59)70-63-47-39-55(80-31-23-16-7)56(81-32-24-73(8)9)40-48(47)64(72-63)71-62-46-38-54(79-30-22-15-6)53(78-29-21-14-5)37-45(46)60(67-58)69-62/h33-40H,10-32H2,1-9H3,(H2,65,66,67,68,69,70,71,72). The molecule has 8 bridgehead atoms. The zero-order valence-corrected chi connectivity index (χ0v) is 49.3. The van der Waals surface area contributed by atoms with E-state index in [1.54, 1.807) is 0 Å². The molecular weight excluding hydrogens is 1020 g/mol. The Morgan fingerprint density at radius 2 is 0.506 bits per heavy atom. The smallest absolute Gasteiger partial charge is 0.164 e. The van der Waals surface area contributed by atoms with Crippen LogP contribution in [0.4, 0.5) is 0 Å². The monoisotopic (exact) mass is 1110 g/mol. The number of nitrogens with zero attached hydrogens (tertiary/aromatic N) is 7. The number of rotatable bonds is 32. The van der Waals surface area contributed by atoms with Crippen LogP contribution in [0.15, 0.2) is 48.5 Å². The third kappa shape index (κ3) is 13.9. The number of ether oxygens (including phenoxy) is 8. The SMILES string of the molecule is CCCCOc1cc2c(cc1OCCCC)-c1nc-2nc2[nH]c(nc3nc(nc4[nH]c(n1)c1cc(OCCCC)c(OCCCC)cc41)-c1cc(OCCN(C)C)c(OCCCC)cc1-3)c1cc(OCCCC)c(OCCCC)cc21. The molecule has 17 nitrogen and oxygen atoms in total. The Balaban J connectivity index is 1.41. The molecule has 0 radical (unpaired) electrons. The van der Waals surface area contributed by atoms with Crippen LogP contribution in [-0.2, 0) is 0 Å². The van der Waals surface area contributed by atoms with Crippen LogP contribution in [-0.4, -0.2) is 118 Å². The van der Waals surface area contributed by atoms with Crippen molar-refractivity contribution in [3.8, 4) is 91.5 Å². The van der Waals surface area contributed by atoms with E-state index in [9.17, 15) is 0 Å². The lowest BCUT2D eigenvalue weighted by Gasteiger charge is -2.16. The molecule has 0 saturated heterocycles. The molecule has 0 spiro atoms. The van der Waals surface area contributed by atoms with Crippen molar-refractivity contribution in [1.82, 2.24) is 44.8 Å². The molecule has 4 aromatic carbocycles. The van der Waals surface area contributed by atoms with Crippen molar-refractivity contribution in [3.63, 3.8) is 0 Å². The molecular formula is C64H83N9O8. The van der Waals surface area contributed by atoms with E-state index >= 15 is 0 Å². The van der Waals surface area contributed by atoms with Crippen LogP contribution >= 0.6 is 0 Å². The van der Waals surface area contributed by atoms with Gasteiger partial charge in [0.25, 0.3) is 0 Å². The lowest BCUT2D eigenvalue weighted by atomic mass is 10.1. The summed E-state index contributed by atoms with van der Waals surface area (Å²) >= 11 is 0. The van der Waals surface area contributed by atoms with E-state index in [1.165, 1.54) is 0 Å². The van der Waals surface area contributed by atoms with Crippen molar-refractivity contribution in [2.75, 3.05) is 73.5 Å². The van der Waals surface area contributed by atoms with Crippen molar-refractivity contribution >= 4 is 44.1 Å². The van der Waals surface area contributed by atoms with E-state index in [2.05, 4.69) is 63.3 Å². The van der Waals surface area contributed by atoms with Gasteiger partial charge in [-0.3, -0.25) is 0 Å². The highest BCUT2D eigenvalue weighted by molar-refractivity contribution is 6.08. The van der Waals surface area contributed by atoms with Gasteiger partial charge in [-0.25, -0.2) is 29.9 Å². The highest BCUT2D eigenvalue weighted by Crippen LogP contribution is 2.46. The second kappa shape index (κ2) is 28.3. The van der Waals surface area contributed by atoms with E-state index in [1.807, 2.05) is 62.6 Å². The van der Waals surface area contributed by atoms with Crippen molar-refractivity contribution < 1.29 is 37.9 Å². The Morgan fingerprint density at radius 3 is 0.716 bits per heavy atom. The molecule has 5 heterocycles. The molecule has 0 fully saturated rings. The highest BCUT2D eigenvalue weighted by atomic mass is 16.5. The first-order valence-electron chi connectivity index (χ1n) is 29.9. The number of benzene rings is 4. The molecule has 2 N–H and O–H groups in total. The summed E-state index contributed by atoms with van der Waals surface area (Å²) < 4.78 is 52.3. The molecule has 0 atom stereocenters. The fraction of sp³-hybridized carbons (Fsp3) is 0.500. The van der Waals surface area contributed by atoms with Crippen molar-refractivity contribution in [2.45, 2.75) is 138 Å². The topological polar surface area (TPSA) is 186 Å². The Bertz CT molecular complexity index is 3410. The summed E-state index contributed by atoms with van der Waals surface area (Å²) in [5, 5.41) is 3.03. The van der Waals surface area contributed by atoms with Gasteiger partial charge in [-0.15, -0.1) is 0 Å². The number of aromatic amines is 2. The number of unbranched alkanes of at least 4 members (excludes halogenated alkanes) is 7. The number of hydrogen-bond acceptors (Lipinski definition) is 15. The second-order valence-electron chi connectivity index (χ2n) is 21.1. The molecule has 9 rings (SSSR count). The molecule has 2 aliphatic heterocycles. The minimum absolute atomic E-state index is 0.416. The van der Waals surface area contributed by atoms with Gasteiger partial charge in [0, 0.05) is 50.3 Å². The van der Waals surface area contributed by atoms with Gasteiger partial charge in [-0.05, 0) is 108 Å². The van der Waals surface area contributed by atoms with Gasteiger partial charge in [-0.1, -0.05) is 93.4 Å². The molecule has 0 amide bonds. The molecule has 0 saturated carbocycles. The van der Waals surface area contributed by atoms with Gasteiger partial charge in [0.2, 0.25) is 0 Å². The first-order valence-corrected chi connectivity index (χ1v) is 29.9. The van der Waals surface area contributed by atoms with Crippen LogP contribution in [0.25, 0.3) is 89.7 Å². The number of H-pyrrole nitrogens is 2. The Morgan fingerprint density at radius 1 is 0.296 bits per heavy atom. The lowest BCUT2D eigenvalue weighted by molar-refractivity contribution is 0.239. The minimum atomic E-state index is 0.416. The molecule has 3 aromatic heterocycles. The summed E-state index contributed by atoms with van der Waals surface area (Å²) in [6.07, 6.45) is 13.0. The molecule has 0 aliphatic carbocycles. The number of hydrogen-bond donors (Lipinski definition) is 2. The van der Waals surface area contributed by atoms with E-state index in [-0.39, 0.29) is 0 Å². The summed E-state index contributed by atoms with van der Waals surface area (Å²) in [7, 11) is 4.05. The summed E-state index contributed by atoms with van der Waals surface area (Å²) in [5.41, 5.74) is 4.95. The number of aromatic nitrogens is 8. The first-order chi connectivity index (χ1) is 39.7. The average Bonchev–Trinajstić information content (AvgIpc) is 3.89. The van der Waals surface area contributed by atoms with Crippen LogP contribution in [0.3, 0.4) is 0 Å². The molecule has 81 heavy (non-hydrogen) atoms. The largest absolute Gasteiger partial charge is 0.490 e. The van der Waals surface area contributed by atoms with Gasteiger partial charge in [0.15, 0.2) is 69.3 Å². The number of likely N-dealkylation sites (N-methyl/N-ethyl adjacent to an activating group) is 1. The van der Waals surface area contributed by atoms with Crippen molar-refractivity contribution in [2.24, 2.45) is 0 Å². The van der Waals surface area contributed by atoms with Crippen LogP contribution in [0.2, 0.25) is 0 Å². The highest BCUT2D eigenvalue weighted by Gasteiger charge is 2.28. The molecule has 7 aromatic rings. The second-order valence-corrected chi connectivity index (χ2v) is 21.1. The number of fused-ring (bicyclic) bond motifs is 20. The minimum Gasteiger partial charge on any atom is -0.490 e. The maximum absolute atomic E-state index is 6.55. The Kier molecular flexibility index (Phi) is 20.4. The fourth-order valence-corrected chi connectivity index (χ4v) is 9.34. The average molecular weight is 1110 g/mol. The van der Waals surface area contributed by atoms with E-state index in [0.29, 0.717) is 151 Å². The predicted molar refractivity (Wildman–Crippen MR) is 323 cm³/mol. The van der Waals surface area contributed by atoms with Crippen molar-refractivity contribution in [3.05, 3.63) is 48.5 Å².